The van der Waals surface area contributed by atoms with Gasteiger partial charge in [0, 0.05) is 17.2 Å². The standard InChI is InChI=1S/C17H18ClN3O5S/c1-2-7-26-13-5-3-12(15(22)9-13)10-20-21-17(23)11-4-6-14(18)16(8-11)27(19,24)25/h3-6,8-10,22H,2,7H2,1H3,(H,21,23)(H2,19,24,25)/b20-10+. The SMILES string of the molecule is CCCOc1ccc(/C=N/NC(=O)c2ccc(Cl)c(S(N)(=O)=O)c2)c(O)c1. The second kappa shape index (κ2) is 8.85. The highest BCUT2D eigenvalue weighted by atomic mass is 35.5. The van der Waals surface area contributed by atoms with E-state index in [1.807, 2.05) is 6.92 Å². The van der Waals surface area contributed by atoms with Crippen LogP contribution in [0, 0.1) is 0 Å². The molecule has 0 bridgehead atoms. The third kappa shape index (κ3) is 5.68. The normalized spacial score (nSPS) is 11.5. The zero-order chi connectivity index (χ0) is 20.0. The first-order valence-corrected chi connectivity index (χ1v) is 9.76. The molecule has 27 heavy (non-hydrogen) atoms. The summed E-state index contributed by atoms with van der Waals surface area (Å²) in [7, 11) is -4.06. The van der Waals surface area contributed by atoms with Crippen molar-refractivity contribution in [3.05, 3.63) is 52.5 Å². The van der Waals surface area contributed by atoms with E-state index in [0.29, 0.717) is 17.9 Å². The molecule has 2 rings (SSSR count). The number of phenolic OH excluding ortho intramolecular Hbond substituents is 1. The molecule has 0 aliphatic heterocycles. The minimum atomic E-state index is -4.06. The molecule has 144 valence electrons. The molecule has 0 unspecified atom stereocenters. The summed E-state index contributed by atoms with van der Waals surface area (Å²) < 4.78 is 28.3. The number of amides is 1. The van der Waals surface area contributed by atoms with Gasteiger partial charge in [0.25, 0.3) is 5.91 Å². The molecule has 8 nitrogen and oxygen atoms in total. The van der Waals surface area contributed by atoms with Gasteiger partial charge in [-0.2, -0.15) is 5.10 Å². The van der Waals surface area contributed by atoms with Gasteiger partial charge in [-0.15, -0.1) is 0 Å². The molecule has 2 aromatic rings. The van der Waals surface area contributed by atoms with Crippen molar-refractivity contribution in [2.24, 2.45) is 10.2 Å². The third-order valence-electron chi connectivity index (χ3n) is 3.34. The van der Waals surface area contributed by atoms with Gasteiger partial charge in [-0.25, -0.2) is 19.0 Å². The van der Waals surface area contributed by atoms with Gasteiger partial charge in [-0.05, 0) is 36.8 Å². The highest BCUT2D eigenvalue weighted by Gasteiger charge is 2.16. The molecular formula is C17H18ClN3O5S. The fourth-order valence-electron chi connectivity index (χ4n) is 2.03. The molecule has 0 fully saturated rings. The molecule has 0 saturated carbocycles. The highest BCUT2D eigenvalue weighted by molar-refractivity contribution is 7.89. The second-order valence-corrected chi connectivity index (χ2v) is 7.40. The Morgan fingerprint density at radius 2 is 2.07 bits per heavy atom. The number of carbonyl (C=O) groups is 1. The molecular weight excluding hydrogens is 394 g/mol. The third-order valence-corrected chi connectivity index (χ3v) is 4.74. The Morgan fingerprint density at radius 3 is 2.70 bits per heavy atom. The summed E-state index contributed by atoms with van der Waals surface area (Å²) in [5.41, 5.74) is 2.60. The fraction of sp³-hybridized carbons (Fsp3) is 0.176. The van der Waals surface area contributed by atoms with E-state index in [1.165, 1.54) is 24.4 Å². The van der Waals surface area contributed by atoms with E-state index in [4.69, 9.17) is 21.5 Å². The van der Waals surface area contributed by atoms with Crippen molar-refractivity contribution < 1.29 is 23.1 Å². The van der Waals surface area contributed by atoms with E-state index >= 15 is 0 Å². The Kier molecular flexibility index (Phi) is 6.78. The summed E-state index contributed by atoms with van der Waals surface area (Å²) in [6, 6.07) is 8.32. The first kappa shape index (κ1) is 20.7. The molecule has 4 N–H and O–H groups in total. The predicted octanol–water partition coefficient (Wildman–Crippen LogP) is 2.25. The van der Waals surface area contributed by atoms with Crippen LogP contribution in [-0.2, 0) is 10.0 Å². The number of carbonyl (C=O) groups excluding carboxylic acids is 1. The van der Waals surface area contributed by atoms with E-state index in [9.17, 15) is 18.3 Å². The lowest BCUT2D eigenvalue weighted by Crippen LogP contribution is -2.19. The van der Waals surface area contributed by atoms with Crippen molar-refractivity contribution in [2.75, 3.05) is 6.61 Å². The van der Waals surface area contributed by atoms with E-state index in [-0.39, 0.29) is 21.2 Å². The van der Waals surface area contributed by atoms with Crippen LogP contribution in [0.5, 0.6) is 11.5 Å². The minimum Gasteiger partial charge on any atom is -0.507 e. The van der Waals surface area contributed by atoms with Crippen LogP contribution in [0.1, 0.15) is 29.3 Å². The van der Waals surface area contributed by atoms with Crippen molar-refractivity contribution in [1.29, 1.82) is 0 Å². The number of rotatable bonds is 7. The predicted molar refractivity (Wildman–Crippen MR) is 102 cm³/mol. The molecule has 0 atom stereocenters. The largest absolute Gasteiger partial charge is 0.507 e. The molecule has 2 aromatic carbocycles. The quantitative estimate of drug-likeness (QED) is 0.475. The van der Waals surface area contributed by atoms with E-state index < -0.39 is 15.9 Å². The van der Waals surface area contributed by atoms with Gasteiger partial charge in [0.1, 0.15) is 16.4 Å². The van der Waals surface area contributed by atoms with E-state index in [2.05, 4.69) is 10.5 Å². The number of nitrogens with two attached hydrogens (primary N) is 1. The van der Waals surface area contributed by atoms with Gasteiger partial charge in [0.2, 0.25) is 10.0 Å². The van der Waals surface area contributed by atoms with Gasteiger partial charge in [0.05, 0.1) is 17.8 Å². The molecule has 1 amide bonds. The van der Waals surface area contributed by atoms with Crippen molar-refractivity contribution in [1.82, 2.24) is 5.43 Å². The number of phenols is 1. The molecule has 0 heterocycles. The van der Waals surface area contributed by atoms with Crippen LogP contribution in [0.4, 0.5) is 0 Å². The number of hydrogen-bond donors (Lipinski definition) is 3. The Balaban J connectivity index is 2.09. The van der Waals surface area contributed by atoms with Crippen LogP contribution in [0.15, 0.2) is 46.4 Å². The number of sulfonamides is 1. The zero-order valence-corrected chi connectivity index (χ0v) is 15.9. The average Bonchev–Trinajstić information content (AvgIpc) is 2.60. The summed E-state index contributed by atoms with van der Waals surface area (Å²) in [6.07, 6.45) is 2.08. The smallest absolute Gasteiger partial charge is 0.271 e. The van der Waals surface area contributed by atoms with Gasteiger partial charge < -0.3 is 9.84 Å². The molecule has 0 saturated heterocycles. The van der Waals surface area contributed by atoms with Gasteiger partial charge in [-0.3, -0.25) is 4.79 Å². The number of nitrogens with zero attached hydrogens (tertiary/aromatic N) is 1. The minimum absolute atomic E-state index is 0.00751. The van der Waals surface area contributed by atoms with Crippen LogP contribution >= 0.6 is 11.6 Å². The topological polar surface area (TPSA) is 131 Å². The number of hydrazone groups is 1. The molecule has 0 aliphatic rings. The first-order chi connectivity index (χ1) is 12.7. The zero-order valence-electron chi connectivity index (χ0n) is 14.3. The maximum absolute atomic E-state index is 12.1. The maximum Gasteiger partial charge on any atom is 0.271 e. The summed E-state index contributed by atoms with van der Waals surface area (Å²) in [6.45, 7) is 2.50. The van der Waals surface area contributed by atoms with Crippen LogP contribution in [0.3, 0.4) is 0 Å². The Bertz CT molecular complexity index is 977. The Morgan fingerprint density at radius 1 is 1.33 bits per heavy atom. The number of nitrogens with one attached hydrogen (secondary N) is 1. The number of ether oxygens (including phenoxy) is 1. The Hall–Kier alpha value is -2.62. The van der Waals surface area contributed by atoms with E-state index in [1.54, 1.807) is 12.1 Å². The van der Waals surface area contributed by atoms with Gasteiger partial charge in [-0.1, -0.05) is 18.5 Å². The monoisotopic (exact) mass is 411 g/mol. The summed E-state index contributed by atoms with van der Waals surface area (Å²) in [5, 5.41) is 18.7. The van der Waals surface area contributed by atoms with Crippen LogP contribution in [0.2, 0.25) is 5.02 Å². The summed E-state index contributed by atoms with van der Waals surface area (Å²) >= 11 is 5.77. The number of hydrogen-bond acceptors (Lipinski definition) is 6. The molecule has 0 radical (unpaired) electrons. The van der Waals surface area contributed by atoms with Crippen LogP contribution < -0.4 is 15.3 Å². The van der Waals surface area contributed by atoms with Crippen LogP contribution in [-0.4, -0.2) is 32.3 Å². The second-order valence-electron chi connectivity index (χ2n) is 5.46. The number of halogens is 1. The number of aromatic hydroxyl groups is 1. The first-order valence-electron chi connectivity index (χ1n) is 7.84. The molecule has 0 aliphatic carbocycles. The lowest BCUT2D eigenvalue weighted by Gasteiger charge is -2.06. The van der Waals surface area contributed by atoms with Gasteiger partial charge in [0.15, 0.2) is 0 Å². The lowest BCUT2D eigenvalue weighted by molar-refractivity contribution is 0.0955. The fourth-order valence-corrected chi connectivity index (χ4v) is 3.10. The lowest BCUT2D eigenvalue weighted by atomic mass is 10.2. The molecule has 0 aromatic heterocycles. The maximum atomic E-state index is 12.1. The summed E-state index contributed by atoms with van der Waals surface area (Å²) in [5.74, 6) is -0.216. The summed E-state index contributed by atoms with van der Waals surface area (Å²) in [4.78, 5) is 11.7. The molecule has 0 spiro atoms. The highest BCUT2D eigenvalue weighted by Crippen LogP contribution is 2.23. The van der Waals surface area contributed by atoms with Gasteiger partial charge >= 0.3 is 0 Å². The van der Waals surface area contributed by atoms with E-state index in [0.717, 1.165) is 12.5 Å². The molecule has 10 heteroatoms. The van der Waals surface area contributed by atoms with Crippen molar-refractivity contribution in [3.63, 3.8) is 0 Å². The van der Waals surface area contributed by atoms with Crippen molar-refractivity contribution in [2.45, 2.75) is 18.2 Å². The average molecular weight is 412 g/mol. The van der Waals surface area contributed by atoms with Crippen molar-refractivity contribution >= 4 is 33.7 Å². The van der Waals surface area contributed by atoms with Crippen LogP contribution in [0.25, 0.3) is 0 Å². The number of benzene rings is 2. The number of primary sulfonamides is 1. The van der Waals surface area contributed by atoms with Crippen molar-refractivity contribution in [3.8, 4) is 11.5 Å². The Labute approximate surface area is 161 Å².